The largest absolute Gasteiger partial charge is 0.507 e. The molecule has 1 fully saturated rings. The number of aliphatic hydroxyl groups is 2. The van der Waals surface area contributed by atoms with Crippen LogP contribution in [-0.4, -0.2) is 105 Å². The van der Waals surface area contributed by atoms with E-state index in [0.29, 0.717) is 0 Å². The number of ether oxygens (including phenoxy) is 5. The summed E-state index contributed by atoms with van der Waals surface area (Å²) in [5.74, 6) is -4.67. The lowest BCUT2D eigenvalue weighted by molar-refractivity contribution is -0.283. The molecule has 2 aromatic rings. The topological polar surface area (TPSA) is 242 Å². The highest BCUT2D eigenvalue weighted by Gasteiger charge is 2.49. The van der Waals surface area contributed by atoms with Gasteiger partial charge in [-0.2, -0.15) is 0 Å². The Hall–Kier alpha value is -3.96. The number of fused-ring (bicyclic) bond motifs is 3. The first kappa shape index (κ1) is 36.3. The number of carbonyl (C=O) groups excluding carboxylic acids is 3. The second kappa shape index (κ2) is 13.7. The third kappa shape index (κ3) is 6.67. The fraction of sp³-hybridized carbons (Fsp3) is 0.529. The van der Waals surface area contributed by atoms with Crippen molar-refractivity contribution in [3.8, 4) is 17.2 Å². The number of Topliss-reactive ketones (excluding diaryl/α,β-unsaturated/α-hetero) is 1. The summed E-state index contributed by atoms with van der Waals surface area (Å²) in [6.07, 6.45) is -8.34. The molecule has 1 saturated heterocycles. The van der Waals surface area contributed by atoms with Gasteiger partial charge in [0.05, 0.1) is 42.1 Å². The van der Waals surface area contributed by atoms with Crippen LogP contribution in [0.5, 0.6) is 17.2 Å². The molecule has 1 heterocycles. The van der Waals surface area contributed by atoms with Crippen LogP contribution in [0.4, 0.5) is 0 Å². The molecule has 1 aliphatic heterocycles. The summed E-state index contributed by atoms with van der Waals surface area (Å²) >= 11 is 0. The molecule has 49 heavy (non-hydrogen) atoms. The third-order valence-electron chi connectivity index (χ3n) is 9.31. The van der Waals surface area contributed by atoms with Gasteiger partial charge >= 0.3 is 5.97 Å². The molecule has 15 heteroatoms. The van der Waals surface area contributed by atoms with E-state index in [-0.39, 0.29) is 40.8 Å². The van der Waals surface area contributed by atoms with Gasteiger partial charge in [0.2, 0.25) is 5.78 Å². The van der Waals surface area contributed by atoms with Crippen molar-refractivity contribution in [2.45, 2.75) is 108 Å². The Bertz CT molecular complexity index is 1660. The van der Waals surface area contributed by atoms with Crippen LogP contribution in [0.3, 0.4) is 0 Å². The molecule has 2 aromatic carbocycles. The molecule has 0 aromatic heterocycles. The summed E-state index contributed by atoms with van der Waals surface area (Å²) in [6.45, 7) is 5.58. The maximum absolute atomic E-state index is 13.8. The minimum absolute atomic E-state index is 0.0328. The molecule has 9 atom stereocenters. The maximum atomic E-state index is 13.8. The monoisotopic (exact) mass is 687 g/mol. The van der Waals surface area contributed by atoms with Crippen LogP contribution in [0.2, 0.25) is 0 Å². The van der Waals surface area contributed by atoms with E-state index < -0.39 is 114 Å². The second-order valence-electron chi connectivity index (χ2n) is 12.9. The predicted octanol–water partition coefficient (Wildman–Crippen LogP) is 1.64. The number of hydrogen-bond acceptors (Lipinski definition) is 14. The van der Waals surface area contributed by atoms with Gasteiger partial charge in [-0.3, -0.25) is 14.4 Å². The fourth-order valence-electron chi connectivity index (χ4n) is 6.74. The van der Waals surface area contributed by atoms with Crippen LogP contribution in [0, 0.1) is 0 Å². The predicted molar refractivity (Wildman–Crippen MR) is 167 cm³/mol. The first-order valence-corrected chi connectivity index (χ1v) is 15.9. The molecule has 0 saturated carbocycles. The quantitative estimate of drug-likeness (QED) is 0.124. The van der Waals surface area contributed by atoms with Crippen molar-refractivity contribution in [2.75, 3.05) is 7.11 Å². The normalized spacial score (nSPS) is 28.1. The van der Waals surface area contributed by atoms with E-state index >= 15 is 0 Å². The molecular weight excluding hydrogens is 646 g/mol. The lowest BCUT2D eigenvalue weighted by Gasteiger charge is -2.43. The molecule has 0 amide bonds. The number of hydrogen-bond donors (Lipinski definition) is 6. The standard InChI is InChI=1S/C34H41NO14/c1-13(36)9-22(47-15(3)33(42)43)49-32-14(2)46-23(10-19(32)35)48-21-12-34(44,16(4)37)11-18-25(21)31(41)27-26(29(18)39)28(38)17-7-6-8-20(45-5)24(17)30(27)40/h6-8,13-15,19,21-23,32,36,39,41,44H,9-12,35H2,1-5H3,(H,42,43)/t13-,14-,15-,19+,21-,22+,23-,32-,34-/m0/s1. The van der Waals surface area contributed by atoms with E-state index in [9.17, 15) is 44.7 Å². The number of ketones is 3. The number of rotatable bonds is 11. The second-order valence-corrected chi connectivity index (χ2v) is 12.9. The first-order chi connectivity index (χ1) is 23.0. The number of aliphatic hydroxyl groups excluding tert-OH is 1. The lowest BCUT2D eigenvalue weighted by Crippen LogP contribution is -2.55. The van der Waals surface area contributed by atoms with E-state index in [4.69, 9.17) is 29.4 Å². The number of carbonyl (C=O) groups is 4. The van der Waals surface area contributed by atoms with Gasteiger partial charge in [-0.1, -0.05) is 12.1 Å². The van der Waals surface area contributed by atoms with E-state index in [1.54, 1.807) is 6.92 Å². The highest BCUT2D eigenvalue weighted by molar-refractivity contribution is 6.31. The molecule has 7 N–H and O–H groups in total. The summed E-state index contributed by atoms with van der Waals surface area (Å²) in [7, 11) is 1.32. The Balaban J connectivity index is 1.48. The van der Waals surface area contributed by atoms with Crippen LogP contribution in [0.15, 0.2) is 18.2 Å². The molecule has 0 bridgehead atoms. The number of benzene rings is 2. The van der Waals surface area contributed by atoms with Gasteiger partial charge in [-0.25, -0.2) is 4.79 Å². The van der Waals surface area contributed by atoms with Crippen LogP contribution in [-0.2, 0) is 35.0 Å². The summed E-state index contributed by atoms with van der Waals surface area (Å²) in [6, 6.07) is 3.58. The maximum Gasteiger partial charge on any atom is 0.332 e. The number of aliphatic carboxylic acids is 1. The molecule has 0 radical (unpaired) electrons. The Morgan fingerprint density at radius 3 is 2.37 bits per heavy atom. The Kier molecular flexibility index (Phi) is 10.2. The highest BCUT2D eigenvalue weighted by Crippen LogP contribution is 2.52. The van der Waals surface area contributed by atoms with E-state index in [0.717, 1.165) is 6.92 Å². The van der Waals surface area contributed by atoms with Gasteiger partial charge in [0.15, 0.2) is 30.3 Å². The van der Waals surface area contributed by atoms with Crippen LogP contribution < -0.4 is 10.5 Å². The Morgan fingerprint density at radius 1 is 1.10 bits per heavy atom. The number of methoxy groups -OCH3 is 1. The van der Waals surface area contributed by atoms with Gasteiger partial charge in [-0.05, 0) is 33.8 Å². The lowest BCUT2D eigenvalue weighted by atomic mass is 9.72. The molecule has 3 aliphatic rings. The SMILES string of the molecule is COc1cccc2c1C(=O)c1c(O)c3c(c(O)c1C2=O)C[C@@](O)(C(C)=O)C[C@@H]3O[C@H]1C[C@@H](N)[C@@H](O[C@H](C[C@H](C)O)O[C@@H](C)C(=O)O)[C@H](C)O1. The zero-order valence-corrected chi connectivity index (χ0v) is 27.7. The average molecular weight is 688 g/mol. The van der Waals surface area contributed by atoms with Gasteiger partial charge in [0.25, 0.3) is 0 Å². The van der Waals surface area contributed by atoms with Crippen molar-refractivity contribution in [1.29, 1.82) is 0 Å². The number of phenolic OH excluding ortho intramolecular Hbond substituents is 2. The van der Waals surface area contributed by atoms with Gasteiger partial charge in [0.1, 0.15) is 29.0 Å². The summed E-state index contributed by atoms with van der Waals surface area (Å²) < 4.78 is 29.1. The number of phenols is 2. The average Bonchev–Trinajstić information content (AvgIpc) is 3.02. The van der Waals surface area contributed by atoms with Crippen LogP contribution >= 0.6 is 0 Å². The zero-order valence-electron chi connectivity index (χ0n) is 27.7. The molecule has 0 spiro atoms. The van der Waals surface area contributed by atoms with Crippen molar-refractivity contribution >= 4 is 23.3 Å². The number of carboxylic acids is 1. The van der Waals surface area contributed by atoms with E-state index in [1.807, 2.05) is 0 Å². The molecule has 2 aliphatic carbocycles. The summed E-state index contributed by atoms with van der Waals surface area (Å²) in [4.78, 5) is 51.6. The fourth-order valence-corrected chi connectivity index (χ4v) is 6.74. The van der Waals surface area contributed by atoms with Gasteiger partial charge in [-0.15, -0.1) is 0 Å². The van der Waals surface area contributed by atoms with Gasteiger partial charge in [0, 0.05) is 48.4 Å². The molecule has 266 valence electrons. The Labute approximate surface area is 281 Å². The van der Waals surface area contributed by atoms with Crippen LogP contribution in [0.1, 0.15) is 96.0 Å². The van der Waals surface area contributed by atoms with Crippen molar-refractivity contribution < 1.29 is 68.4 Å². The smallest absolute Gasteiger partial charge is 0.332 e. The van der Waals surface area contributed by atoms with Crippen LogP contribution in [0.25, 0.3) is 0 Å². The molecule has 0 unspecified atom stereocenters. The van der Waals surface area contributed by atoms with Crippen molar-refractivity contribution in [1.82, 2.24) is 0 Å². The minimum atomic E-state index is -2.08. The van der Waals surface area contributed by atoms with Crippen molar-refractivity contribution in [3.63, 3.8) is 0 Å². The number of nitrogens with two attached hydrogens (primary N) is 1. The molecule has 5 rings (SSSR count). The van der Waals surface area contributed by atoms with E-state index in [2.05, 4.69) is 0 Å². The van der Waals surface area contributed by atoms with Crippen molar-refractivity contribution in [2.24, 2.45) is 5.73 Å². The summed E-state index contributed by atoms with van der Waals surface area (Å²) in [5, 5.41) is 53.8. The number of carboxylic acid groups (broad SMARTS) is 1. The Morgan fingerprint density at radius 2 is 1.78 bits per heavy atom. The first-order valence-electron chi connectivity index (χ1n) is 15.9. The molecular formula is C34H41NO14. The van der Waals surface area contributed by atoms with Crippen molar-refractivity contribution in [3.05, 3.63) is 51.6 Å². The van der Waals surface area contributed by atoms with Gasteiger partial charge < -0.3 is 55.0 Å². The minimum Gasteiger partial charge on any atom is -0.507 e. The summed E-state index contributed by atoms with van der Waals surface area (Å²) in [5.41, 5.74) is 3.07. The zero-order chi connectivity index (χ0) is 36.1. The van der Waals surface area contributed by atoms with E-state index in [1.165, 1.54) is 39.2 Å². The highest BCUT2D eigenvalue weighted by atomic mass is 16.7. The third-order valence-corrected chi connectivity index (χ3v) is 9.31. The number of aromatic hydroxyl groups is 2. The molecule has 15 nitrogen and oxygen atoms in total.